The van der Waals surface area contributed by atoms with Gasteiger partial charge in [-0.2, -0.15) is 0 Å². The first kappa shape index (κ1) is 16.4. The lowest BCUT2D eigenvalue weighted by Gasteiger charge is -2.14. The molecule has 0 aliphatic rings. The molecule has 2 aromatic carbocycles. The Morgan fingerprint density at radius 1 is 0.909 bits per heavy atom. The van der Waals surface area contributed by atoms with E-state index in [4.69, 9.17) is 14.2 Å². The van der Waals surface area contributed by atoms with E-state index < -0.39 is 0 Å². The van der Waals surface area contributed by atoms with Crippen LogP contribution in [0.25, 0.3) is 11.1 Å². The second-order valence-corrected chi connectivity index (χ2v) is 5.21. The molecule has 0 radical (unpaired) electrons. The van der Waals surface area contributed by atoms with Crippen molar-refractivity contribution >= 4 is 0 Å². The van der Waals surface area contributed by atoms with Gasteiger partial charge in [0.05, 0.1) is 13.7 Å². The van der Waals surface area contributed by atoms with Gasteiger partial charge in [0, 0.05) is 6.61 Å². The Hall–Kier alpha value is -2.00. The van der Waals surface area contributed by atoms with Crippen molar-refractivity contribution in [1.82, 2.24) is 0 Å². The molecule has 0 heterocycles. The lowest BCUT2D eigenvalue weighted by atomic mass is 9.95. The van der Waals surface area contributed by atoms with E-state index in [0.717, 1.165) is 23.7 Å². The molecule has 0 saturated carbocycles. The highest BCUT2D eigenvalue weighted by Crippen LogP contribution is 2.32. The predicted octanol–water partition coefficient (Wildman–Crippen LogP) is 4.39. The fraction of sp³-hybridized carbons (Fsp3) is 0.368. The summed E-state index contributed by atoms with van der Waals surface area (Å²) in [5, 5.41) is 0. The van der Waals surface area contributed by atoms with Crippen molar-refractivity contribution in [3.05, 3.63) is 47.5 Å². The summed E-state index contributed by atoms with van der Waals surface area (Å²) >= 11 is 0. The first-order valence-corrected chi connectivity index (χ1v) is 7.62. The number of benzene rings is 2. The Morgan fingerprint density at radius 2 is 1.64 bits per heavy atom. The maximum Gasteiger partial charge on any atom is 0.119 e. The molecule has 0 aromatic heterocycles. The van der Waals surface area contributed by atoms with Crippen molar-refractivity contribution in [2.24, 2.45) is 0 Å². The lowest BCUT2D eigenvalue weighted by Crippen LogP contribution is -2.06. The van der Waals surface area contributed by atoms with E-state index in [2.05, 4.69) is 38.1 Å². The van der Waals surface area contributed by atoms with E-state index in [9.17, 15) is 0 Å². The highest BCUT2D eigenvalue weighted by atomic mass is 16.5. The molecule has 118 valence electrons. The third-order valence-corrected chi connectivity index (χ3v) is 3.57. The molecule has 0 amide bonds. The Kier molecular flexibility index (Phi) is 5.84. The van der Waals surface area contributed by atoms with E-state index >= 15 is 0 Å². The summed E-state index contributed by atoms with van der Waals surface area (Å²) in [5.41, 5.74) is 4.78. The van der Waals surface area contributed by atoms with Gasteiger partial charge in [0.2, 0.25) is 0 Å². The van der Waals surface area contributed by atoms with Crippen molar-refractivity contribution < 1.29 is 14.2 Å². The van der Waals surface area contributed by atoms with E-state index in [1.54, 1.807) is 7.11 Å². The normalized spacial score (nSPS) is 10.5. The van der Waals surface area contributed by atoms with Crippen LogP contribution in [-0.2, 0) is 4.74 Å². The summed E-state index contributed by atoms with van der Waals surface area (Å²) in [5.74, 6) is 1.76. The van der Waals surface area contributed by atoms with Crippen molar-refractivity contribution in [1.29, 1.82) is 0 Å². The van der Waals surface area contributed by atoms with Crippen LogP contribution in [0.15, 0.2) is 36.4 Å². The zero-order valence-corrected chi connectivity index (χ0v) is 13.8. The van der Waals surface area contributed by atoms with Gasteiger partial charge in [-0.05, 0) is 67.3 Å². The summed E-state index contributed by atoms with van der Waals surface area (Å²) in [4.78, 5) is 0. The summed E-state index contributed by atoms with van der Waals surface area (Å²) in [6.45, 7) is 8.11. The highest BCUT2D eigenvalue weighted by molar-refractivity contribution is 5.73. The molecule has 0 aliphatic heterocycles. The number of methoxy groups -OCH3 is 1. The minimum absolute atomic E-state index is 0.575. The van der Waals surface area contributed by atoms with Gasteiger partial charge in [-0.25, -0.2) is 0 Å². The molecular weight excluding hydrogens is 276 g/mol. The number of hydrogen-bond acceptors (Lipinski definition) is 3. The van der Waals surface area contributed by atoms with E-state index in [0.29, 0.717) is 13.2 Å². The van der Waals surface area contributed by atoms with Gasteiger partial charge in [0.1, 0.15) is 18.1 Å². The molecule has 0 spiro atoms. The van der Waals surface area contributed by atoms with Crippen LogP contribution in [0.1, 0.15) is 18.1 Å². The van der Waals surface area contributed by atoms with Gasteiger partial charge in [0.15, 0.2) is 0 Å². The maximum absolute atomic E-state index is 5.76. The van der Waals surface area contributed by atoms with Crippen LogP contribution in [0.2, 0.25) is 0 Å². The smallest absolute Gasteiger partial charge is 0.119 e. The van der Waals surface area contributed by atoms with Crippen LogP contribution in [0.3, 0.4) is 0 Å². The third-order valence-electron chi connectivity index (χ3n) is 3.57. The lowest BCUT2D eigenvalue weighted by molar-refractivity contribution is 0.110. The Morgan fingerprint density at radius 3 is 2.27 bits per heavy atom. The topological polar surface area (TPSA) is 27.7 Å². The minimum Gasteiger partial charge on any atom is -0.497 e. The van der Waals surface area contributed by atoms with E-state index in [1.165, 1.54) is 16.7 Å². The van der Waals surface area contributed by atoms with Gasteiger partial charge in [-0.15, -0.1) is 0 Å². The van der Waals surface area contributed by atoms with Crippen LogP contribution < -0.4 is 9.47 Å². The summed E-state index contributed by atoms with van der Waals surface area (Å²) < 4.78 is 16.4. The molecule has 22 heavy (non-hydrogen) atoms. The molecule has 0 aliphatic carbocycles. The molecule has 2 aromatic rings. The molecule has 3 heteroatoms. The van der Waals surface area contributed by atoms with Gasteiger partial charge >= 0.3 is 0 Å². The van der Waals surface area contributed by atoms with Crippen LogP contribution >= 0.6 is 0 Å². The van der Waals surface area contributed by atoms with Crippen molar-refractivity contribution in [3.63, 3.8) is 0 Å². The molecule has 2 rings (SSSR count). The first-order valence-electron chi connectivity index (χ1n) is 7.62. The standard InChI is InChI=1S/C19H24O3/c1-5-21-9-10-22-18-11-14(2)19(15(3)12-18)16-7-6-8-17(13-16)20-4/h6-8,11-13H,5,9-10H2,1-4H3. The fourth-order valence-corrected chi connectivity index (χ4v) is 2.60. The van der Waals surface area contributed by atoms with Gasteiger partial charge < -0.3 is 14.2 Å². The van der Waals surface area contributed by atoms with Gasteiger partial charge in [-0.3, -0.25) is 0 Å². The monoisotopic (exact) mass is 300 g/mol. The third kappa shape index (κ3) is 4.01. The van der Waals surface area contributed by atoms with E-state index in [-0.39, 0.29) is 0 Å². The summed E-state index contributed by atoms with van der Waals surface area (Å²) in [6.07, 6.45) is 0. The fourth-order valence-electron chi connectivity index (χ4n) is 2.60. The molecule has 0 atom stereocenters. The number of aryl methyl sites for hydroxylation is 2. The number of ether oxygens (including phenoxy) is 3. The van der Waals surface area contributed by atoms with Crippen LogP contribution in [0.4, 0.5) is 0 Å². The van der Waals surface area contributed by atoms with Crippen LogP contribution in [0.5, 0.6) is 11.5 Å². The van der Waals surface area contributed by atoms with Crippen LogP contribution in [0, 0.1) is 13.8 Å². The van der Waals surface area contributed by atoms with E-state index in [1.807, 2.05) is 19.1 Å². The Bertz CT molecular complexity index is 597. The average Bonchev–Trinajstić information content (AvgIpc) is 2.51. The second kappa shape index (κ2) is 7.85. The van der Waals surface area contributed by atoms with Crippen LogP contribution in [-0.4, -0.2) is 26.9 Å². The average molecular weight is 300 g/mol. The van der Waals surface area contributed by atoms with Gasteiger partial charge in [-0.1, -0.05) is 12.1 Å². The van der Waals surface area contributed by atoms with Gasteiger partial charge in [0.25, 0.3) is 0 Å². The first-order chi connectivity index (χ1) is 10.7. The van der Waals surface area contributed by atoms with Crippen molar-refractivity contribution in [2.75, 3.05) is 26.9 Å². The summed E-state index contributed by atoms with van der Waals surface area (Å²) in [6, 6.07) is 12.3. The number of rotatable bonds is 7. The molecule has 0 N–H and O–H groups in total. The zero-order valence-electron chi connectivity index (χ0n) is 13.8. The molecule has 0 saturated heterocycles. The predicted molar refractivity (Wildman–Crippen MR) is 89.9 cm³/mol. The molecule has 0 unspecified atom stereocenters. The molecule has 3 nitrogen and oxygen atoms in total. The molecule has 0 bridgehead atoms. The quantitative estimate of drug-likeness (QED) is 0.710. The molecular formula is C19H24O3. The Balaban J connectivity index is 2.22. The van der Waals surface area contributed by atoms with Crippen molar-refractivity contribution in [3.8, 4) is 22.6 Å². The summed E-state index contributed by atoms with van der Waals surface area (Å²) in [7, 11) is 1.69. The zero-order chi connectivity index (χ0) is 15.9. The largest absolute Gasteiger partial charge is 0.497 e. The van der Waals surface area contributed by atoms with Crippen molar-refractivity contribution in [2.45, 2.75) is 20.8 Å². The number of hydrogen-bond donors (Lipinski definition) is 0. The minimum atomic E-state index is 0.575. The molecule has 0 fully saturated rings. The SMILES string of the molecule is CCOCCOc1cc(C)c(-c2cccc(OC)c2)c(C)c1. The highest BCUT2D eigenvalue weighted by Gasteiger charge is 2.09. The Labute approximate surface area is 132 Å². The second-order valence-electron chi connectivity index (χ2n) is 5.21. The maximum atomic E-state index is 5.76.